The number of benzene rings is 2. The van der Waals surface area contributed by atoms with Crippen molar-refractivity contribution in [2.45, 2.75) is 25.4 Å². The van der Waals surface area contributed by atoms with Gasteiger partial charge in [0, 0.05) is 19.1 Å². The van der Waals surface area contributed by atoms with Gasteiger partial charge < -0.3 is 15.6 Å². The molecule has 3 N–H and O–H groups in total. The quantitative estimate of drug-likeness (QED) is 0.436. The number of nitrogens with two attached hydrogens (primary N) is 1. The van der Waals surface area contributed by atoms with Crippen LogP contribution in [0.5, 0.6) is 0 Å². The number of imidazole rings is 1. The Morgan fingerprint density at radius 1 is 1.10 bits per heavy atom. The lowest BCUT2D eigenvalue weighted by molar-refractivity contribution is 0.625. The van der Waals surface area contributed by atoms with Gasteiger partial charge in [-0.2, -0.15) is 0 Å². The molecule has 0 spiro atoms. The first-order chi connectivity index (χ1) is 15.1. The van der Waals surface area contributed by atoms with Crippen LogP contribution in [0.25, 0.3) is 11.2 Å². The number of halogens is 1. The monoisotopic (exact) mass is 416 g/mol. The van der Waals surface area contributed by atoms with Crippen LogP contribution in [0.2, 0.25) is 0 Å². The average molecular weight is 417 g/mol. The highest BCUT2D eigenvalue weighted by Crippen LogP contribution is 2.18. The van der Waals surface area contributed by atoms with Gasteiger partial charge >= 0.3 is 0 Å². The summed E-state index contributed by atoms with van der Waals surface area (Å²) < 4.78 is 15.0. The van der Waals surface area contributed by atoms with Crippen LogP contribution in [-0.4, -0.2) is 32.1 Å². The summed E-state index contributed by atoms with van der Waals surface area (Å²) in [5.41, 5.74) is 11.0. The summed E-state index contributed by atoms with van der Waals surface area (Å²) in [4.78, 5) is 13.2. The highest BCUT2D eigenvalue weighted by atomic mass is 19.1. The molecule has 31 heavy (non-hydrogen) atoms. The largest absolute Gasteiger partial charge is 0.367 e. The number of fused-ring (bicyclic) bond motifs is 1. The standard InChI is InChI=1S/C24H25FN6/c1-17-5-2-3-6-19(17)7-4-12-31-16-30-22-23(28-15-29-24(22)31)27-14-21(26)13-18-8-10-20(25)11-9-18/h2-6,8-11,15-16,21H,1,7,12-14,26H2,(H,27,28,29). The molecule has 158 valence electrons. The fraction of sp³-hybridized carbons (Fsp3) is 0.208. The molecular weight excluding hydrogens is 391 g/mol. The van der Waals surface area contributed by atoms with E-state index >= 15 is 0 Å². The molecular formula is C24H25FN6. The zero-order valence-corrected chi connectivity index (χ0v) is 17.2. The molecule has 1 unspecified atom stereocenters. The first-order valence-corrected chi connectivity index (χ1v) is 10.2. The maximum atomic E-state index is 13.1. The topological polar surface area (TPSA) is 81.7 Å². The molecule has 0 aliphatic rings. The van der Waals surface area contributed by atoms with Crippen LogP contribution in [0, 0.1) is 19.2 Å². The lowest BCUT2D eigenvalue weighted by atomic mass is 10.0. The van der Waals surface area contributed by atoms with Gasteiger partial charge in [-0.25, -0.2) is 19.3 Å². The van der Waals surface area contributed by atoms with Gasteiger partial charge in [0.1, 0.15) is 17.7 Å². The summed E-state index contributed by atoms with van der Waals surface area (Å²) in [6.45, 7) is 5.27. The normalized spacial score (nSPS) is 12.2. The van der Waals surface area contributed by atoms with E-state index in [4.69, 9.17) is 5.73 Å². The van der Waals surface area contributed by atoms with Gasteiger partial charge in [0.25, 0.3) is 0 Å². The first-order valence-electron chi connectivity index (χ1n) is 10.2. The van der Waals surface area contributed by atoms with Crippen LogP contribution in [0.3, 0.4) is 0 Å². The molecule has 0 aliphatic carbocycles. The van der Waals surface area contributed by atoms with Crippen molar-refractivity contribution < 1.29 is 4.39 Å². The van der Waals surface area contributed by atoms with Crippen LogP contribution in [-0.2, 0) is 19.4 Å². The summed E-state index contributed by atoms with van der Waals surface area (Å²) >= 11 is 0. The van der Waals surface area contributed by atoms with E-state index in [0.29, 0.717) is 30.8 Å². The van der Waals surface area contributed by atoms with E-state index in [9.17, 15) is 4.39 Å². The summed E-state index contributed by atoms with van der Waals surface area (Å²) in [6.07, 6.45) is 6.95. The van der Waals surface area contributed by atoms with Gasteiger partial charge in [-0.1, -0.05) is 36.4 Å². The van der Waals surface area contributed by atoms with Gasteiger partial charge in [0.05, 0.1) is 6.33 Å². The van der Waals surface area contributed by atoms with Crippen molar-refractivity contribution in [1.82, 2.24) is 19.5 Å². The minimum atomic E-state index is -0.248. The van der Waals surface area contributed by atoms with Crippen molar-refractivity contribution in [3.05, 3.63) is 97.0 Å². The second-order valence-electron chi connectivity index (χ2n) is 7.52. The fourth-order valence-electron chi connectivity index (χ4n) is 3.48. The SMILES string of the molecule is [CH2]c1ccccc1C[CH]Cn1cnc2c(NCC(N)Cc3ccc(F)cc3)ncnc21. The fourth-order valence-corrected chi connectivity index (χ4v) is 3.48. The van der Waals surface area contributed by atoms with E-state index in [-0.39, 0.29) is 11.9 Å². The van der Waals surface area contributed by atoms with Gasteiger partial charge in [-0.05, 0) is 55.0 Å². The number of hydrogen-bond donors (Lipinski definition) is 2. The molecule has 0 saturated carbocycles. The van der Waals surface area contributed by atoms with Crippen molar-refractivity contribution in [2.24, 2.45) is 5.73 Å². The second-order valence-corrected chi connectivity index (χ2v) is 7.52. The van der Waals surface area contributed by atoms with E-state index in [1.165, 1.54) is 24.0 Å². The van der Waals surface area contributed by atoms with Crippen LogP contribution < -0.4 is 11.1 Å². The Bertz CT molecular complexity index is 1140. The molecule has 0 aliphatic heterocycles. The highest BCUT2D eigenvalue weighted by Gasteiger charge is 2.12. The lowest BCUT2D eigenvalue weighted by Crippen LogP contribution is -2.31. The van der Waals surface area contributed by atoms with Crippen LogP contribution in [0.4, 0.5) is 10.2 Å². The van der Waals surface area contributed by atoms with E-state index < -0.39 is 0 Å². The van der Waals surface area contributed by atoms with E-state index in [2.05, 4.69) is 39.7 Å². The molecule has 1 atom stereocenters. The molecule has 7 heteroatoms. The van der Waals surface area contributed by atoms with Gasteiger partial charge in [-0.3, -0.25) is 0 Å². The minimum absolute atomic E-state index is 0.145. The number of aromatic nitrogens is 4. The third-order valence-electron chi connectivity index (χ3n) is 5.15. The average Bonchev–Trinajstić information content (AvgIpc) is 3.19. The molecule has 2 aromatic carbocycles. The maximum Gasteiger partial charge on any atom is 0.165 e. The Labute approximate surface area is 181 Å². The molecule has 0 amide bonds. The Morgan fingerprint density at radius 3 is 2.71 bits per heavy atom. The zero-order valence-electron chi connectivity index (χ0n) is 17.2. The molecule has 4 aromatic rings. The molecule has 4 rings (SSSR count). The van der Waals surface area contributed by atoms with Crippen LogP contribution in [0.1, 0.15) is 16.7 Å². The molecule has 6 nitrogen and oxygen atoms in total. The van der Waals surface area contributed by atoms with E-state index in [0.717, 1.165) is 23.2 Å². The number of nitrogens with one attached hydrogen (secondary N) is 1. The number of nitrogens with zero attached hydrogens (tertiary/aromatic N) is 4. The van der Waals surface area contributed by atoms with Crippen molar-refractivity contribution in [3.8, 4) is 0 Å². The van der Waals surface area contributed by atoms with Gasteiger partial charge in [-0.15, -0.1) is 0 Å². The summed E-state index contributed by atoms with van der Waals surface area (Å²) in [7, 11) is 0. The van der Waals surface area contributed by atoms with Crippen molar-refractivity contribution in [1.29, 1.82) is 0 Å². The second kappa shape index (κ2) is 9.66. The third kappa shape index (κ3) is 5.24. The minimum Gasteiger partial charge on any atom is -0.367 e. The molecule has 2 aromatic heterocycles. The number of anilines is 1. The first kappa shape index (κ1) is 20.9. The predicted octanol–water partition coefficient (Wildman–Crippen LogP) is 3.58. The highest BCUT2D eigenvalue weighted by molar-refractivity contribution is 5.82. The van der Waals surface area contributed by atoms with E-state index in [1.807, 2.05) is 22.8 Å². The van der Waals surface area contributed by atoms with E-state index in [1.54, 1.807) is 18.5 Å². The van der Waals surface area contributed by atoms with Gasteiger partial charge in [0.2, 0.25) is 0 Å². The zero-order chi connectivity index (χ0) is 21.6. The lowest BCUT2D eigenvalue weighted by Gasteiger charge is -2.13. The van der Waals surface area contributed by atoms with Crippen molar-refractivity contribution >= 4 is 17.0 Å². The summed E-state index contributed by atoms with van der Waals surface area (Å²) in [5, 5.41) is 3.28. The molecule has 2 heterocycles. The Balaban J connectivity index is 1.36. The third-order valence-corrected chi connectivity index (χ3v) is 5.15. The molecule has 0 bridgehead atoms. The molecule has 2 radical (unpaired) electrons. The summed E-state index contributed by atoms with van der Waals surface area (Å²) in [5.74, 6) is 0.406. The van der Waals surface area contributed by atoms with Crippen LogP contribution in [0.15, 0.2) is 61.2 Å². The molecule has 0 saturated heterocycles. The number of hydrogen-bond acceptors (Lipinski definition) is 5. The Morgan fingerprint density at radius 2 is 1.90 bits per heavy atom. The maximum absolute atomic E-state index is 13.1. The van der Waals surface area contributed by atoms with Crippen molar-refractivity contribution in [3.63, 3.8) is 0 Å². The Hall–Kier alpha value is -3.32. The molecule has 0 fully saturated rings. The van der Waals surface area contributed by atoms with Crippen LogP contribution >= 0.6 is 0 Å². The Kier molecular flexibility index (Phi) is 6.52. The number of rotatable bonds is 9. The smallest absolute Gasteiger partial charge is 0.165 e. The van der Waals surface area contributed by atoms with Crippen molar-refractivity contribution in [2.75, 3.05) is 11.9 Å². The summed E-state index contributed by atoms with van der Waals surface area (Å²) in [6, 6.07) is 14.4. The van der Waals surface area contributed by atoms with Gasteiger partial charge in [0.15, 0.2) is 11.5 Å². The predicted molar refractivity (Wildman–Crippen MR) is 121 cm³/mol.